The summed E-state index contributed by atoms with van der Waals surface area (Å²) in [6.45, 7) is 3.42. The number of hydrogen-bond acceptors (Lipinski definition) is 5. The van der Waals surface area contributed by atoms with Crippen LogP contribution in [0.3, 0.4) is 0 Å². The molecule has 0 saturated carbocycles. The molecule has 0 saturated heterocycles. The second-order valence-corrected chi connectivity index (χ2v) is 3.77. The van der Waals surface area contributed by atoms with Gasteiger partial charge in [-0.1, -0.05) is 0 Å². The number of carbonyl (C=O) groups is 1. The van der Waals surface area contributed by atoms with Gasteiger partial charge >= 0.3 is 5.97 Å². The van der Waals surface area contributed by atoms with E-state index in [9.17, 15) is 14.9 Å². The third-order valence-corrected chi connectivity index (χ3v) is 2.35. The average Bonchev–Trinajstić information content (AvgIpc) is 2.28. The van der Waals surface area contributed by atoms with Crippen molar-refractivity contribution in [3.05, 3.63) is 39.9 Å². The summed E-state index contributed by atoms with van der Waals surface area (Å²) < 4.78 is 5.06. The van der Waals surface area contributed by atoms with Gasteiger partial charge in [-0.15, -0.1) is 0 Å². The Morgan fingerprint density at radius 1 is 1.35 bits per heavy atom. The fourth-order valence-corrected chi connectivity index (χ4v) is 1.06. The predicted molar refractivity (Wildman–Crippen MR) is 61.6 cm³/mol. The van der Waals surface area contributed by atoms with Gasteiger partial charge in [0.1, 0.15) is 6.10 Å². The van der Waals surface area contributed by atoms with Gasteiger partial charge in [-0.2, -0.15) is 0 Å². The van der Waals surface area contributed by atoms with Gasteiger partial charge in [0.2, 0.25) is 0 Å². The summed E-state index contributed by atoms with van der Waals surface area (Å²) in [5.74, 6) is -0.537. The number of nitrogens with zero attached hydrogens (tertiary/aromatic N) is 1. The van der Waals surface area contributed by atoms with Gasteiger partial charge in [-0.3, -0.25) is 10.1 Å². The average molecular weight is 238 g/mol. The van der Waals surface area contributed by atoms with E-state index in [0.29, 0.717) is 0 Å². The number of hydrogen-bond donors (Lipinski definition) is 1. The first-order valence-corrected chi connectivity index (χ1v) is 5.13. The van der Waals surface area contributed by atoms with Crippen LogP contribution in [-0.4, -0.2) is 23.0 Å². The molecule has 0 fully saturated rings. The molecule has 1 aromatic carbocycles. The summed E-state index contributed by atoms with van der Waals surface area (Å²) in [6.07, 6.45) is -0.405. The van der Waals surface area contributed by atoms with Crippen LogP contribution in [-0.2, 0) is 4.74 Å². The smallest absolute Gasteiger partial charge is 0.338 e. The maximum absolute atomic E-state index is 11.6. The van der Waals surface area contributed by atoms with Crippen molar-refractivity contribution in [2.45, 2.75) is 26.0 Å². The molecule has 0 aromatic heterocycles. The van der Waals surface area contributed by atoms with Gasteiger partial charge < -0.3 is 10.5 Å². The zero-order chi connectivity index (χ0) is 13.0. The molecule has 0 spiro atoms. The van der Waals surface area contributed by atoms with Crippen LogP contribution in [0.4, 0.5) is 5.69 Å². The molecule has 1 aromatic rings. The Morgan fingerprint density at radius 2 is 1.88 bits per heavy atom. The third kappa shape index (κ3) is 3.53. The van der Waals surface area contributed by atoms with Gasteiger partial charge in [0.25, 0.3) is 5.69 Å². The lowest BCUT2D eigenvalue weighted by Crippen LogP contribution is -2.33. The second-order valence-electron chi connectivity index (χ2n) is 3.77. The Labute approximate surface area is 98.5 Å². The van der Waals surface area contributed by atoms with Crippen molar-refractivity contribution in [3.63, 3.8) is 0 Å². The first-order valence-electron chi connectivity index (χ1n) is 5.13. The van der Waals surface area contributed by atoms with E-state index in [0.717, 1.165) is 0 Å². The second kappa shape index (κ2) is 5.40. The highest BCUT2D eigenvalue weighted by atomic mass is 16.6. The van der Waals surface area contributed by atoms with E-state index in [1.807, 2.05) is 0 Å². The zero-order valence-corrected chi connectivity index (χ0v) is 9.62. The number of nitro groups is 1. The molecule has 0 aliphatic heterocycles. The van der Waals surface area contributed by atoms with Crippen molar-refractivity contribution in [1.29, 1.82) is 0 Å². The van der Waals surface area contributed by atoms with E-state index in [-0.39, 0.29) is 17.3 Å². The lowest BCUT2D eigenvalue weighted by molar-refractivity contribution is -0.384. The van der Waals surface area contributed by atoms with Crippen LogP contribution in [0.2, 0.25) is 0 Å². The van der Waals surface area contributed by atoms with Crippen LogP contribution >= 0.6 is 0 Å². The Kier molecular flexibility index (Phi) is 4.17. The Morgan fingerprint density at radius 3 is 2.29 bits per heavy atom. The molecule has 0 bridgehead atoms. The van der Waals surface area contributed by atoms with Crippen molar-refractivity contribution in [1.82, 2.24) is 0 Å². The largest absolute Gasteiger partial charge is 0.457 e. The van der Waals surface area contributed by atoms with Gasteiger partial charge in [0.15, 0.2) is 0 Å². The minimum atomic E-state index is -0.537. The summed E-state index contributed by atoms with van der Waals surface area (Å²) in [5, 5.41) is 10.4. The molecule has 0 aliphatic rings. The molecule has 6 heteroatoms. The Hall–Kier alpha value is -1.95. The van der Waals surface area contributed by atoms with Gasteiger partial charge in [-0.25, -0.2) is 4.79 Å². The van der Waals surface area contributed by atoms with E-state index in [1.165, 1.54) is 24.3 Å². The number of nitrogens with two attached hydrogens (primary N) is 1. The highest BCUT2D eigenvalue weighted by Crippen LogP contribution is 2.13. The van der Waals surface area contributed by atoms with Crippen LogP contribution in [0.5, 0.6) is 0 Å². The monoisotopic (exact) mass is 238 g/mol. The topological polar surface area (TPSA) is 95.5 Å². The maximum atomic E-state index is 11.6. The first-order chi connectivity index (χ1) is 7.91. The predicted octanol–water partition coefficient (Wildman–Crippen LogP) is 1.49. The van der Waals surface area contributed by atoms with Crippen LogP contribution in [0.1, 0.15) is 24.2 Å². The third-order valence-electron chi connectivity index (χ3n) is 2.35. The molecule has 2 atom stereocenters. The van der Waals surface area contributed by atoms with Crippen LogP contribution in [0.25, 0.3) is 0 Å². The van der Waals surface area contributed by atoms with Gasteiger partial charge in [0, 0.05) is 18.2 Å². The quantitative estimate of drug-likeness (QED) is 0.487. The molecule has 0 amide bonds. The van der Waals surface area contributed by atoms with Gasteiger partial charge in [-0.05, 0) is 26.0 Å². The molecule has 1 unspecified atom stereocenters. The molecule has 0 radical (unpaired) electrons. The molecular weight excluding hydrogens is 224 g/mol. The Balaban J connectivity index is 2.73. The molecular formula is C11H14N2O4. The van der Waals surface area contributed by atoms with Crippen molar-refractivity contribution < 1.29 is 14.5 Å². The van der Waals surface area contributed by atoms with Crippen molar-refractivity contribution in [2.75, 3.05) is 0 Å². The summed E-state index contributed by atoms with van der Waals surface area (Å²) in [5.41, 5.74) is 5.76. The van der Waals surface area contributed by atoms with Crippen LogP contribution in [0, 0.1) is 10.1 Å². The summed E-state index contributed by atoms with van der Waals surface area (Å²) >= 11 is 0. The minimum absolute atomic E-state index is 0.0678. The highest BCUT2D eigenvalue weighted by Gasteiger charge is 2.15. The molecule has 0 heterocycles. The zero-order valence-electron chi connectivity index (χ0n) is 9.62. The van der Waals surface area contributed by atoms with E-state index in [1.54, 1.807) is 13.8 Å². The minimum Gasteiger partial charge on any atom is -0.457 e. The molecule has 92 valence electrons. The number of nitro benzene ring substituents is 1. The number of rotatable bonds is 4. The van der Waals surface area contributed by atoms with E-state index in [4.69, 9.17) is 10.5 Å². The highest BCUT2D eigenvalue weighted by molar-refractivity contribution is 5.89. The molecule has 17 heavy (non-hydrogen) atoms. The standard InChI is InChI=1S/C11H14N2O4/c1-7(12)8(2)17-11(14)9-3-5-10(6-4-9)13(15)16/h3-8H,12H2,1-2H3/t7-,8?/m1/s1. The molecule has 0 aliphatic carbocycles. The van der Waals surface area contributed by atoms with Crippen LogP contribution < -0.4 is 5.73 Å². The van der Waals surface area contributed by atoms with Crippen molar-refractivity contribution >= 4 is 11.7 Å². The number of ether oxygens (including phenoxy) is 1. The number of esters is 1. The Bertz CT molecular complexity index is 414. The van der Waals surface area contributed by atoms with E-state index in [2.05, 4.69) is 0 Å². The molecule has 2 N–H and O–H groups in total. The van der Waals surface area contributed by atoms with Gasteiger partial charge in [0.05, 0.1) is 10.5 Å². The maximum Gasteiger partial charge on any atom is 0.338 e. The first kappa shape index (κ1) is 13.1. The number of non-ortho nitro benzene ring substituents is 1. The van der Waals surface area contributed by atoms with E-state index < -0.39 is 17.0 Å². The molecule has 6 nitrogen and oxygen atoms in total. The SMILES string of the molecule is CC(OC(=O)c1ccc([N+](=O)[O-])cc1)[C@@H](C)N. The normalized spacial score (nSPS) is 13.8. The fraction of sp³-hybridized carbons (Fsp3) is 0.364. The van der Waals surface area contributed by atoms with Crippen molar-refractivity contribution in [3.8, 4) is 0 Å². The van der Waals surface area contributed by atoms with Crippen LogP contribution in [0.15, 0.2) is 24.3 Å². The number of carbonyl (C=O) groups excluding carboxylic acids is 1. The summed E-state index contributed by atoms with van der Waals surface area (Å²) in [7, 11) is 0. The van der Waals surface area contributed by atoms with Crippen molar-refractivity contribution in [2.24, 2.45) is 5.73 Å². The molecule has 1 rings (SSSR count). The summed E-state index contributed by atoms with van der Waals surface area (Å²) in [6, 6.07) is 4.96. The lowest BCUT2D eigenvalue weighted by atomic mass is 10.2. The van der Waals surface area contributed by atoms with E-state index >= 15 is 0 Å². The number of benzene rings is 1. The summed E-state index contributed by atoms with van der Waals surface area (Å²) in [4.78, 5) is 21.5. The fourth-order valence-electron chi connectivity index (χ4n) is 1.06. The lowest BCUT2D eigenvalue weighted by Gasteiger charge is -2.16.